The van der Waals surface area contributed by atoms with E-state index in [-0.39, 0.29) is 19.6 Å². The Balaban J connectivity index is 1.24. The maximum absolute atomic E-state index is 10.7. The minimum Gasteiger partial charge on any atom is -0.389 e. The SMILES string of the molecule is NC[C@H]1O[C@H](O[C@H]2[C@H](O)[C@@H](O)[C@H](N)C[C@@H]2N)[C@H](N)[C@@H](OCc2ccc3ccccc3c2)[C@@H]1OCc1ccc2ccccc2c1. The van der Waals surface area contributed by atoms with Crippen LogP contribution in [0.3, 0.4) is 0 Å². The summed E-state index contributed by atoms with van der Waals surface area (Å²) in [7, 11) is 0. The van der Waals surface area contributed by atoms with Gasteiger partial charge >= 0.3 is 0 Å². The van der Waals surface area contributed by atoms with Crippen LogP contribution in [0.5, 0.6) is 0 Å². The van der Waals surface area contributed by atoms with Crippen molar-refractivity contribution in [1.82, 2.24) is 0 Å². The molecule has 10 heteroatoms. The van der Waals surface area contributed by atoms with Gasteiger partial charge in [-0.2, -0.15) is 0 Å². The summed E-state index contributed by atoms with van der Waals surface area (Å²) in [6, 6.07) is 26.5. The molecule has 2 fully saturated rings. The van der Waals surface area contributed by atoms with Crippen molar-refractivity contribution in [2.24, 2.45) is 22.9 Å². The molecule has 1 heterocycles. The van der Waals surface area contributed by atoms with Crippen molar-refractivity contribution in [3.8, 4) is 0 Å². The fourth-order valence-electron chi connectivity index (χ4n) is 6.31. The maximum atomic E-state index is 10.7. The first-order chi connectivity index (χ1) is 21.3. The number of hydrogen-bond donors (Lipinski definition) is 6. The van der Waals surface area contributed by atoms with E-state index in [2.05, 4.69) is 48.5 Å². The van der Waals surface area contributed by atoms with E-state index in [0.717, 1.165) is 32.7 Å². The van der Waals surface area contributed by atoms with Gasteiger partial charge in [-0.1, -0.05) is 72.8 Å². The molecule has 10 atom stereocenters. The maximum Gasteiger partial charge on any atom is 0.176 e. The average molecular weight is 603 g/mol. The molecule has 4 aromatic rings. The highest BCUT2D eigenvalue weighted by Crippen LogP contribution is 2.31. The number of ether oxygens (including phenoxy) is 4. The lowest BCUT2D eigenvalue weighted by Gasteiger charge is -2.47. The average Bonchev–Trinajstić information content (AvgIpc) is 3.04. The van der Waals surface area contributed by atoms with Gasteiger partial charge in [0.1, 0.15) is 30.5 Å². The monoisotopic (exact) mass is 602 g/mol. The highest BCUT2D eigenvalue weighted by atomic mass is 16.7. The third-order valence-electron chi connectivity index (χ3n) is 8.82. The molecular weight excluding hydrogens is 560 g/mol. The number of nitrogens with two attached hydrogens (primary N) is 4. The van der Waals surface area contributed by atoms with E-state index < -0.39 is 61.0 Å². The van der Waals surface area contributed by atoms with Gasteiger partial charge in [-0.05, 0) is 51.2 Å². The summed E-state index contributed by atoms with van der Waals surface area (Å²) in [4.78, 5) is 0. The predicted octanol–water partition coefficient (Wildman–Crippen LogP) is 1.64. The summed E-state index contributed by atoms with van der Waals surface area (Å²) < 4.78 is 25.4. The third kappa shape index (κ3) is 6.51. The number of aliphatic hydroxyl groups is 2. The Hall–Kier alpha value is -3.00. The van der Waals surface area contributed by atoms with Crippen LogP contribution in [0.2, 0.25) is 0 Å². The molecule has 1 aliphatic heterocycles. The molecule has 0 bridgehead atoms. The first-order valence-electron chi connectivity index (χ1n) is 15.1. The van der Waals surface area contributed by atoms with Crippen LogP contribution in [-0.2, 0) is 32.2 Å². The number of hydrogen-bond acceptors (Lipinski definition) is 10. The zero-order valence-corrected chi connectivity index (χ0v) is 24.5. The van der Waals surface area contributed by atoms with Gasteiger partial charge in [0.25, 0.3) is 0 Å². The molecule has 0 aromatic heterocycles. The van der Waals surface area contributed by atoms with Crippen molar-refractivity contribution in [1.29, 1.82) is 0 Å². The predicted molar refractivity (Wildman–Crippen MR) is 168 cm³/mol. The number of rotatable bonds is 9. The molecule has 0 unspecified atom stereocenters. The zero-order chi connectivity index (χ0) is 30.8. The van der Waals surface area contributed by atoms with E-state index in [1.54, 1.807) is 0 Å². The Kier molecular flexibility index (Phi) is 9.55. The molecule has 1 saturated carbocycles. The second kappa shape index (κ2) is 13.6. The molecular formula is C34H42N4O6. The first-order valence-corrected chi connectivity index (χ1v) is 15.1. The molecule has 2 aliphatic rings. The molecule has 10 N–H and O–H groups in total. The van der Waals surface area contributed by atoms with Gasteiger partial charge in [-0.3, -0.25) is 0 Å². The second-order valence-electron chi connectivity index (χ2n) is 11.9. The van der Waals surface area contributed by atoms with Crippen LogP contribution in [0.15, 0.2) is 84.9 Å². The standard InChI is InChI=1S/C34H42N4O6/c35-16-27-32(41-17-19-9-11-21-5-1-3-7-23(21)13-19)33(42-18-20-10-12-22-6-2-4-8-24(22)14-20)28(38)34(43-27)44-31-26(37)15-25(36)29(39)30(31)40/h1-14,25-34,39-40H,15-18,35-38H2/t25-,26+,27-,28-,29+,30-,31-,32-,33-,34-/m1/s1. The Bertz CT molecular complexity index is 1560. The topological polar surface area (TPSA) is 181 Å². The van der Waals surface area contributed by atoms with Crippen LogP contribution in [0.4, 0.5) is 0 Å². The lowest BCUT2D eigenvalue weighted by atomic mass is 9.84. The molecule has 44 heavy (non-hydrogen) atoms. The fraction of sp³-hybridized carbons (Fsp3) is 0.412. The number of aliphatic hydroxyl groups excluding tert-OH is 2. The molecule has 234 valence electrons. The van der Waals surface area contributed by atoms with Crippen molar-refractivity contribution in [2.45, 2.75) is 80.7 Å². The summed E-state index contributed by atoms with van der Waals surface area (Å²) in [6.45, 7) is 0.666. The Morgan fingerprint density at radius 2 is 1.20 bits per heavy atom. The Morgan fingerprint density at radius 3 is 1.77 bits per heavy atom. The minimum absolute atomic E-state index is 0.109. The van der Waals surface area contributed by atoms with Crippen molar-refractivity contribution in [3.63, 3.8) is 0 Å². The van der Waals surface area contributed by atoms with Gasteiger partial charge in [0.05, 0.1) is 25.4 Å². The Labute approximate surface area is 256 Å². The summed E-state index contributed by atoms with van der Waals surface area (Å²) >= 11 is 0. The van der Waals surface area contributed by atoms with Gasteiger partial charge in [0.15, 0.2) is 6.29 Å². The normalized spacial score (nSPS) is 32.7. The minimum atomic E-state index is -1.31. The summed E-state index contributed by atoms with van der Waals surface area (Å²) in [5.74, 6) is 0. The molecule has 0 radical (unpaired) electrons. The summed E-state index contributed by atoms with van der Waals surface area (Å²) in [5, 5.41) is 25.6. The smallest absolute Gasteiger partial charge is 0.176 e. The van der Waals surface area contributed by atoms with Crippen LogP contribution in [0.1, 0.15) is 17.5 Å². The zero-order valence-electron chi connectivity index (χ0n) is 24.5. The van der Waals surface area contributed by atoms with E-state index in [1.165, 1.54) is 0 Å². The van der Waals surface area contributed by atoms with E-state index >= 15 is 0 Å². The van der Waals surface area contributed by atoms with E-state index in [1.807, 2.05) is 36.4 Å². The highest BCUT2D eigenvalue weighted by Gasteiger charge is 2.49. The van der Waals surface area contributed by atoms with Gasteiger partial charge in [0.2, 0.25) is 0 Å². The molecule has 6 rings (SSSR count). The molecule has 1 saturated heterocycles. The van der Waals surface area contributed by atoms with Crippen LogP contribution >= 0.6 is 0 Å². The van der Waals surface area contributed by atoms with Crippen molar-refractivity contribution in [3.05, 3.63) is 96.1 Å². The van der Waals surface area contributed by atoms with Gasteiger partial charge < -0.3 is 52.1 Å². The second-order valence-corrected chi connectivity index (χ2v) is 11.9. The van der Waals surface area contributed by atoms with Crippen LogP contribution in [-0.4, -0.2) is 77.8 Å². The van der Waals surface area contributed by atoms with Crippen LogP contribution in [0.25, 0.3) is 21.5 Å². The van der Waals surface area contributed by atoms with Gasteiger partial charge in [-0.25, -0.2) is 0 Å². The fourth-order valence-corrected chi connectivity index (χ4v) is 6.31. The molecule has 4 aromatic carbocycles. The number of fused-ring (bicyclic) bond motifs is 2. The van der Waals surface area contributed by atoms with E-state index in [9.17, 15) is 10.2 Å². The molecule has 1 aliphatic carbocycles. The molecule has 0 amide bonds. The van der Waals surface area contributed by atoms with Crippen molar-refractivity contribution < 1.29 is 29.2 Å². The number of benzene rings is 4. The molecule has 0 spiro atoms. The third-order valence-corrected chi connectivity index (χ3v) is 8.82. The first kappa shape index (κ1) is 31.0. The lowest BCUT2D eigenvalue weighted by molar-refractivity contribution is -0.300. The highest BCUT2D eigenvalue weighted by molar-refractivity contribution is 5.83. The largest absolute Gasteiger partial charge is 0.389 e. The molecule has 10 nitrogen and oxygen atoms in total. The van der Waals surface area contributed by atoms with Gasteiger partial charge in [0, 0.05) is 18.6 Å². The Morgan fingerprint density at radius 1 is 0.659 bits per heavy atom. The van der Waals surface area contributed by atoms with Crippen LogP contribution < -0.4 is 22.9 Å². The lowest BCUT2D eigenvalue weighted by Crippen LogP contribution is -2.68. The van der Waals surface area contributed by atoms with E-state index in [0.29, 0.717) is 6.61 Å². The summed E-state index contributed by atoms with van der Waals surface area (Å²) in [6.07, 6.45) is -6.14. The quantitative estimate of drug-likeness (QED) is 0.165. The van der Waals surface area contributed by atoms with E-state index in [4.69, 9.17) is 41.9 Å². The summed E-state index contributed by atoms with van der Waals surface area (Å²) in [5.41, 5.74) is 27.2. The van der Waals surface area contributed by atoms with Gasteiger partial charge in [-0.15, -0.1) is 0 Å². The van der Waals surface area contributed by atoms with Crippen LogP contribution in [0, 0.1) is 0 Å². The van der Waals surface area contributed by atoms with Crippen molar-refractivity contribution >= 4 is 21.5 Å². The van der Waals surface area contributed by atoms with Crippen molar-refractivity contribution in [2.75, 3.05) is 6.54 Å².